The van der Waals surface area contributed by atoms with Gasteiger partial charge in [0.2, 0.25) is 5.76 Å². The van der Waals surface area contributed by atoms with E-state index in [1.807, 2.05) is 13.0 Å². The van der Waals surface area contributed by atoms with E-state index in [-0.39, 0.29) is 5.76 Å². The minimum absolute atomic E-state index is 0.107. The van der Waals surface area contributed by atoms with Crippen molar-refractivity contribution in [3.8, 4) is 0 Å². The standard InChI is InChI=1S/C18H23N3O4/c1-3-24-9-6-13-14-10-16(20-12-4-7-21(2)8-5-12)19-11-15(14)25-17(13)18(22)23/h6,9-12H,3-5,7-8H2,1-2H3,(H,19,20)(H,22,23)/b9-6+. The molecule has 0 aliphatic carbocycles. The molecule has 3 heterocycles. The number of aromatic carboxylic acids is 1. The monoisotopic (exact) mass is 345 g/mol. The third-order valence-corrected chi connectivity index (χ3v) is 4.38. The van der Waals surface area contributed by atoms with Crippen molar-refractivity contribution < 1.29 is 19.1 Å². The van der Waals surface area contributed by atoms with Gasteiger partial charge in [0.1, 0.15) is 5.82 Å². The van der Waals surface area contributed by atoms with Gasteiger partial charge in [-0.25, -0.2) is 9.78 Å². The van der Waals surface area contributed by atoms with Crippen LogP contribution in [0.1, 0.15) is 35.9 Å². The number of rotatable bonds is 6. The maximum absolute atomic E-state index is 11.4. The highest BCUT2D eigenvalue weighted by molar-refractivity contribution is 6.00. The Bertz CT molecular complexity index is 776. The highest BCUT2D eigenvalue weighted by Gasteiger charge is 2.20. The number of nitrogens with one attached hydrogen (secondary N) is 1. The maximum Gasteiger partial charge on any atom is 0.372 e. The predicted molar refractivity (Wildman–Crippen MR) is 95.8 cm³/mol. The van der Waals surface area contributed by atoms with Crippen molar-refractivity contribution in [3.05, 3.63) is 29.8 Å². The summed E-state index contributed by atoms with van der Waals surface area (Å²) in [7, 11) is 2.12. The van der Waals surface area contributed by atoms with Gasteiger partial charge in [0.05, 0.1) is 19.1 Å². The molecule has 3 rings (SSSR count). The molecule has 0 atom stereocenters. The lowest BCUT2D eigenvalue weighted by Crippen LogP contribution is -2.36. The quantitative estimate of drug-likeness (QED) is 0.778. The van der Waals surface area contributed by atoms with Gasteiger partial charge in [-0.15, -0.1) is 0 Å². The number of fused-ring (bicyclic) bond motifs is 1. The molecule has 25 heavy (non-hydrogen) atoms. The molecule has 0 amide bonds. The van der Waals surface area contributed by atoms with Crippen molar-refractivity contribution in [2.75, 3.05) is 32.1 Å². The fourth-order valence-corrected chi connectivity index (χ4v) is 3.00. The van der Waals surface area contributed by atoms with E-state index in [2.05, 4.69) is 22.2 Å². The smallest absolute Gasteiger partial charge is 0.372 e. The van der Waals surface area contributed by atoms with Crippen LogP contribution < -0.4 is 5.32 Å². The molecule has 2 N–H and O–H groups in total. The molecule has 1 aliphatic rings. The van der Waals surface area contributed by atoms with Crippen LogP contribution in [0.5, 0.6) is 0 Å². The molecule has 1 aliphatic heterocycles. The minimum atomic E-state index is -1.11. The lowest BCUT2D eigenvalue weighted by Gasteiger charge is -2.29. The summed E-state index contributed by atoms with van der Waals surface area (Å²) in [5, 5.41) is 13.5. The third kappa shape index (κ3) is 3.93. The molecular weight excluding hydrogens is 322 g/mol. The number of hydrogen-bond donors (Lipinski definition) is 2. The lowest BCUT2D eigenvalue weighted by molar-refractivity contribution is 0.0664. The second-order valence-corrected chi connectivity index (χ2v) is 6.20. The average molecular weight is 345 g/mol. The number of carboxylic acids is 1. The lowest BCUT2D eigenvalue weighted by atomic mass is 10.1. The molecular formula is C18H23N3O4. The topological polar surface area (TPSA) is 87.8 Å². The van der Waals surface area contributed by atoms with Crippen molar-refractivity contribution in [2.24, 2.45) is 0 Å². The number of piperidine rings is 1. The second kappa shape index (κ2) is 7.57. The summed E-state index contributed by atoms with van der Waals surface area (Å²) in [5.74, 6) is -0.493. The molecule has 134 valence electrons. The molecule has 7 heteroatoms. The molecule has 1 saturated heterocycles. The van der Waals surface area contributed by atoms with Crippen LogP contribution in [-0.4, -0.2) is 53.7 Å². The number of anilines is 1. The van der Waals surface area contributed by atoms with Crippen LogP contribution in [0.4, 0.5) is 5.82 Å². The number of hydrogen-bond acceptors (Lipinski definition) is 6. The number of aromatic nitrogens is 1. The van der Waals surface area contributed by atoms with E-state index < -0.39 is 5.97 Å². The first-order valence-electron chi connectivity index (χ1n) is 8.47. The van der Waals surface area contributed by atoms with Gasteiger partial charge in [-0.3, -0.25) is 0 Å². The van der Waals surface area contributed by atoms with Gasteiger partial charge in [-0.1, -0.05) is 0 Å². The van der Waals surface area contributed by atoms with Gasteiger partial charge in [0.25, 0.3) is 0 Å². The second-order valence-electron chi connectivity index (χ2n) is 6.20. The summed E-state index contributed by atoms with van der Waals surface area (Å²) in [4.78, 5) is 18.1. The molecule has 2 aromatic rings. The summed E-state index contributed by atoms with van der Waals surface area (Å²) < 4.78 is 10.6. The van der Waals surface area contributed by atoms with Crippen LogP contribution in [0.2, 0.25) is 0 Å². The van der Waals surface area contributed by atoms with Gasteiger partial charge in [-0.2, -0.15) is 0 Å². The zero-order valence-corrected chi connectivity index (χ0v) is 14.5. The Morgan fingerprint density at radius 1 is 1.52 bits per heavy atom. The van der Waals surface area contributed by atoms with Crippen molar-refractivity contribution in [1.29, 1.82) is 0 Å². The molecule has 1 fully saturated rings. The van der Waals surface area contributed by atoms with Gasteiger partial charge in [0, 0.05) is 17.0 Å². The minimum Gasteiger partial charge on any atom is -0.501 e. The summed E-state index contributed by atoms with van der Waals surface area (Å²) in [6, 6.07) is 2.21. The summed E-state index contributed by atoms with van der Waals surface area (Å²) in [6.45, 7) is 4.48. The van der Waals surface area contributed by atoms with Crippen LogP contribution in [0.3, 0.4) is 0 Å². The summed E-state index contributed by atoms with van der Waals surface area (Å²) >= 11 is 0. The van der Waals surface area contributed by atoms with E-state index in [0.717, 1.165) is 31.7 Å². The molecule has 0 unspecified atom stereocenters. The van der Waals surface area contributed by atoms with E-state index in [1.54, 1.807) is 12.3 Å². The Morgan fingerprint density at radius 3 is 2.96 bits per heavy atom. The summed E-state index contributed by atoms with van der Waals surface area (Å²) in [6.07, 6.45) is 6.79. The zero-order valence-electron chi connectivity index (χ0n) is 14.5. The van der Waals surface area contributed by atoms with Gasteiger partial charge in [-0.05, 0) is 52.0 Å². The Hall–Kier alpha value is -2.54. The maximum atomic E-state index is 11.4. The fourth-order valence-electron chi connectivity index (χ4n) is 3.00. The number of pyridine rings is 1. The van der Waals surface area contributed by atoms with Crippen LogP contribution in [0.15, 0.2) is 22.9 Å². The number of likely N-dealkylation sites (tertiary alicyclic amines) is 1. The van der Waals surface area contributed by atoms with E-state index in [9.17, 15) is 9.90 Å². The number of carboxylic acid groups (broad SMARTS) is 1. The van der Waals surface area contributed by atoms with E-state index in [0.29, 0.717) is 29.2 Å². The predicted octanol–water partition coefficient (Wildman–Crippen LogP) is 3.04. The number of furan rings is 1. The van der Waals surface area contributed by atoms with Gasteiger partial charge < -0.3 is 24.5 Å². The normalized spacial score (nSPS) is 16.6. The van der Waals surface area contributed by atoms with E-state index >= 15 is 0 Å². The molecule has 0 aromatic carbocycles. The van der Waals surface area contributed by atoms with Crippen LogP contribution in [-0.2, 0) is 4.74 Å². The first-order chi connectivity index (χ1) is 12.1. The first-order valence-corrected chi connectivity index (χ1v) is 8.47. The number of carbonyl (C=O) groups is 1. The Balaban J connectivity index is 1.89. The largest absolute Gasteiger partial charge is 0.501 e. The van der Waals surface area contributed by atoms with Crippen molar-refractivity contribution >= 4 is 28.8 Å². The average Bonchev–Trinajstić information content (AvgIpc) is 2.96. The molecule has 0 spiro atoms. The number of nitrogens with zero attached hydrogens (tertiary/aromatic N) is 2. The first kappa shape index (κ1) is 17.3. The number of ether oxygens (including phenoxy) is 1. The van der Waals surface area contributed by atoms with Gasteiger partial charge >= 0.3 is 5.97 Å². The van der Waals surface area contributed by atoms with Crippen molar-refractivity contribution in [3.63, 3.8) is 0 Å². The summed E-state index contributed by atoms with van der Waals surface area (Å²) in [5.41, 5.74) is 0.937. The SMILES string of the molecule is CCO/C=C/c1c(C(=O)O)oc2cnc(NC3CCN(C)CC3)cc12. The van der Waals surface area contributed by atoms with E-state index in [4.69, 9.17) is 9.15 Å². The van der Waals surface area contributed by atoms with E-state index in [1.165, 1.54) is 6.26 Å². The van der Waals surface area contributed by atoms with Gasteiger partial charge in [0.15, 0.2) is 5.58 Å². The van der Waals surface area contributed by atoms with Crippen LogP contribution in [0.25, 0.3) is 17.0 Å². The van der Waals surface area contributed by atoms with Crippen LogP contribution >= 0.6 is 0 Å². The van der Waals surface area contributed by atoms with Crippen molar-refractivity contribution in [2.45, 2.75) is 25.8 Å². The third-order valence-electron chi connectivity index (χ3n) is 4.38. The van der Waals surface area contributed by atoms with Crippen LogP contribution in [0, 0.1) is 0 Å². The highest BCUT2D eigenvalue weighted by Crippen LogP contribution is 2.29. The Labute approximate surface area is 146 Å². The van der Waals surface area contributed by atoms with Crippen molar-refractivity contribution in [1.82, 2.24) is 9.88 Å². The highest BCUT2D eigenvalue weighted by atomic mass is 16.5. The molecule has 0 bridgehead atoms. The zero-order chi connectivity index (χ0) is 17.8. The molecule has 0 saturated carbocycles. The Morgan fingerprint density at radius 2 is 2.28 bits per heavy atom. The fraction of sp³-hybridized carbons (Fsp3) is 0.444. The molecule has 7 nitrogen and oxygen atoms in total. The molecule has 0 radical (unpaired) electrons. The molecule has 2 aromatic heterocycles. The Kier molecular flexibility index (Phi) is 5.23.